The highest BCUT2D eigenvalue weighted by Crippen LogP contribution is 2.40. The predicted molar refractivity (Wildman–Crippen MR) is 82.6 cm³/mol. The minimum Gasteiger partial charge on any atom is -0.497 e. The van der Waals surface area contributed by atoms with Crippen LogP contribution >= 0.6 is 23.2 Å². The molecule has 0 bridgehead atoms. The van der Waals surface area contributed by atoms with Crippen molar-refractivity contribution in [3.05, 3.63) is 50.5 Å². The van der Waals surface area contributed by atoms with Gasteiger partial charge in [-0.2, -0.15) is 9.61 Å². The number of fused-ring (bicyclic) bond motifs is 1. The molecule has 0 amide bonds. The molecule has 0 aliphatic heterocycles. The fraction of sp³-hybridized carbons (Fsp3) is 0.143. The number of nitrogens with one attached hydrogen (secondary N) is 1. The van der Waals surface area contributed by atoms with Gasteiger partial charge in [-0.25, -0.2) is 0 Å². The van der Waals surface area contributed by atoms with E-state index in [1.54, 1.807) is 32.4 Å². The number of rotatable bonds is 2. The summed E-state index contributed by atoms with van der Waals surface area (Å²) in [7, 11) is 1.54. The molecule has 108 valence electrons. The van der Waals surface area contributed by atoms with Crippen molar-refractivity contribution in [2.45, 2.75) is 6.92 Å². The fourth-order valence-electron chi connectivity index (χ4n) is 2.29. The molecule has 0 unspecified atom stereocenters. The molecule has 21 heavy (non-hydrogen) atoms. The monoisotopic (exact) mass is 323 g/mol. The molecule has 0 saturated carbocycles. The molecule has 0 saturated heterocycles. The van der Waals surface area contributed by atoms with Gasteiger partial charge in [0.15, 0.2) is 0 Å². The maximum Gasteiger partial charge on any atom is 0.274 e. The van der Waals surface area contributed by atoms with E-state index in [2.05, 4.69) is 10.1 Å². The van der Waals surface area contributed by atoms with Gasteiger partial charge in [0.1, 0.15) is 11.4 Å². The van der Waals surface area contributed by atoms with Gasteiger partial charge in [0.25, 0.3) is 5.56 Å². The van der Waals surface area contributed by atoms with Crippen LogP contribution in [0.2, 0.25) is 10.0 Å². The SMILES string of the molecule is COc1cc(Cl)c(-c2c(C)nn3c(=O)cc[nH]c23)c(Cl)c1. The summed E-state index contributed by atoms with van der Waals surface area (Å²) in [5, 5.41) is 5.10. The van der Waals surface area contributed by atoms with E-state index in [4.69, 9.17) is 27.9 Å². The third kappa shape index (κ3) is 2.18. The van der Waals surface area contributed by atoms with Crippen molar-refractivity contribution in [2.75, 3.05) is 7.11 Å². The van der Waals surface area contributed by atoms with Gasteiger partial charge in [0.2, 0.25) is 0 Å². The van der Waals surface area contributed by atoms with Gasteiger partial charge in [0, 0.05) is 17.8 Å². The molecule has 7 heteroatoms. The smallest absolute Gasteiger partial charge is 0.274 e. The predicted octanol–water partition coefficient (Wildman–Crippen LogP) is 3.31. The zero-order valence-corrected chi connectivity index (χ0v) is 12.8. The third-order valence-corrected chi connectivity index (χ3v) is 3.81. The number of hydrogen-bond acceptors (Lipinski definition) is 3. The van der Waals surface area contributed by atoms with Gasteiger partial charge in [-0.05, 0) is 19.1 Å². The topological polar surface area (TPSA) is 59.4 Å². The van der Waals surface area contributed by atoms with Crippen LogP contribution in [0.4, 0.5) is 0 Å². The van der Waals surface area contributed by atoms with Crippen molar-refractivity contribution >= 4 is 28.8 Å². The zero-order valence-electron chi connectivity index (χ0n) is 11.3. The summed E-state index contributed by atoms with van der Waals surface area (Å²) >= 11 is 12.6. The molecule has 2 aromatic heterocycles. The van der Waals surface area contributed by atoms with E-state index in [-0.39, 0.29) is 5.56 Å². The molecule has 0 radical (unpaired) electrons. The second kappa shape index (κ2) is 5.09. The van der Waals surface area contributed by atoms with Crippen LogP contribution in [-0.4, -0.2) is 21.7 Å². The van der Waals surface area contributed by atoms with E-state index in [0.717, 1.165) is 0 Å². The first-order valence-electron chi connectivity index (χ1n) is 6.13. The number of aromatic amines is 1. The Kier molecular flexibility index (Phi) is 3.39. The largest absolute Gasteiger partial charge is 0.497 e. The molecular weight excluding hydrogens is 313 g/mol. The fourth-order valence-corrected chi connectivity index (χ4v) is 2.94. The van der Waals surface area contributed by atoms with Gasteiger partial charge >= 0.3 is 0 Å². The Morgan fingerprint density at radius 1 is 1.24 bits per heavy atom. The van der Waals surface area contributed by atoms with Crippen molar-refractivity contribution in [1.82, 2.24) is 14.6 Å². The Bertz CT molecular complexity index is 876. The number of benzene rings is 1. The summed E-state index contributed by atoms with van der Waals surface area (Å²) in [5.74, 6) is 0.566. The molecule has 1 aromatic carbocycles. The number of aromatic nitrogens is 3. The van der Waals surface area contributed by atoms with Crippen molar-refractivity contribution in [3.63, 3.8) is 0 Å². The van der Waals surface area contributed by atoms with Crippen molar-refractivity contribution in [3.8, 4) is 16.9 Å². The molecule has 0 atom stereocenters. The first-order chi connectivity index (χ1) is 10.0. The summed E-state index contributed by atoms with van der Waals surface area (Å²) in [5.41, 5.74) is 2.30. The lowest BCUT2D eigenvalue weighted by atomic mass is 10.1. The average molecular weight is 324 g/mol. The molecule has 0 fully saturated rings. The van der Waals surface area contributed by atoms with Crippen molar-refractivity contribution in [2.24, 2.45) is 0 Å². The molecule has 3 aromatic rings. The second-order valence-corrected chi connectivity index (χ2v) is 5.32. The number of methoxy groups -OCH3 is 1. The van der Waals surface area contributed by atoms with Gasteiger partial charge < -0.3 is 9.72 Å². The van der Waals surface area contributed by atoms with Crippen LogP contribution in [0.1, 0.15) is 5.69 Å². The highest BCUT2D eigenvalue weighted by molar-refractivity contribution is 6.39. The average Bonchev–Trinajstić information content (AvgIpc) is 2.77. The molecule has 0 aliphatic rings. The van der Waals surface area contributed by atoms with Crippen molar-refractivity contribution in [1.29, 1.82) is 0 Å². The number of hydrogen-bond donors (Lipinski definition) is 1. The highest BCUT2D eigenvalue weighted by atomic mass is 35.5. The maximum atomic E-state index is 11.8. The van der Waals surface area contributed by atoms with E-state index in [1.807, 2.05) is 0 Å². The zero-order chi connectivity index (χ0) is 15.1. The summed E-state index contributed by atoms with van der Waals surface area (Å²) in [6.45, 7) is 1.80. The van der Waals surface area contributed by atoms with Crippen LogP contribution in [0.25, 0.3) is 16.8 Å². The first-order valence-corrected chi connectivity index (χ1v) is 6.89. The van der Waals surface area contributed by atoms with Crippen LogP contribution < -0.4 is 10.3 Å². The lowest BCUT2D eigenvalue weighted by Gasteiger charge is -2.09. The van der Waals surface area contributed by atoms with Crippen LogP contribution in [0.5, 0.6) is 5.75 Å². The first kappa shape index (κ1) is 14.0. The van der Waals surface area contributed by atoms with Crippen LogP contribution in [0, 0.1) is 6.92 Å². The lowest BCUT2D eigenvalue weighted by Crippen LogP contribution is -2.12. The molecule has 3 rings (SSSR count). The van der Waals surface area contributed by atoms with Gasteiger partial charge in [-0.1, -0.05) is 23.2 Å². The quantitative estimate of drug-likeness (QED) is 0.787. The van der Waals surface area contributed by atoms with Gasteiger partial charge in [-0.15, -0.1) is 0 Å². The molecule has 0 aliphatic carbocycles. The van der Waals surface area contributed by atoms with Crippen molar-refractivity contribution < 1.29 is 4.74 Å². The summed E-state index contributed by atoms with van der Waals surface area (Å²) < 4.78 is 6.43. The molecular formula is C14H11Cl2N3O2. The number of H-pyrrole nitrogens is 1. The van der Waals surface area contributed by atoms with E-state index in [0.29, 0.717) is 38.3 Å². The Hall–Kier alpha value is -1.98. The Morgan fingerprint density at radius 3 is 2.52 bits per heavy atom. The molecule has 5 nitrogen and oxygen atoms in total. The van der Waals surface area contributed by atoms with E-state index < -0.39 is 0 Å². The Balaban J connectivity index is 2.39. The van der Waals surface area contributed by atoms with E-state index >= 15 is 0 Å². The third-order valence-electron chi connectivity index (χ3n) is 3.22. The number of halogens is 2. The van der Waals surface area contributed by atoms with Gasteiger partial charge in [-0.3, -0.25) is 4.79 Å². The number of nitrogens with zero attached hydrogens (tertiary/aromatic N) is 2. The summed E-state index contributed by atoms with van der Waals surface area (Å²) in [6.07, 6.45) is 1.56. The molecule has 1 N–H and O–H groups in total. The molecule has 0 spiro atoms. The van der Waals surface area contributed by atoms with Crippen LogP contribution in [0.15, 0.2) is 29.2 Å². The van der Waals surface area contributed by atoms with E-state index in [1.165, 1.54) is 10.6 Å². The number of aryl methyl sites for hydroxylation is 1. The maximum absolute atomic E-state index is 11.8. The summed E-state index contributed by atoms with van der Waals surface area (Å²) in [4.78, 5) is 14.9. The normalized spacial score (nSPS) is 11.0. The van der Waals surface area contributed by atoms with Crippen LogP contribution in [-0.2, 0) is 0 Å². The van der Waals surface area contributed by atoms with E-state index in [9.17, 15) is 4.79 Å². The summed E-state index contributed by atoms with van der Waals surface area (Å²) in [6, 6.07) is 4.75. The minimum atomic E-state index is -0.223. The van der Waals surface area contributed by atoms with Gasteiger partial charge in [0.05, 0.1) is 28.4 Å². The Morgan fingerprint density at radius 2 is 1.90 bits per heavy atom. The highest BCUT2D eigenvalue weighted by Gasteiger charge is 2.19. The lowest BCUT2D eigenvalue weighted by molar-refractivity contribution is 0.415. The second-order valence-electron chi connectivity index (χ2n) is 4.50. The Labute approximate surface area is 130 Å². The standard InChI is InChI=1S/C14H11Cl2N3O2/c1-7-12(14-17-4-3-11(20)19(14)18-7)13-9(15)5-8(21-2)6-10(13)16/h3-6,17H,1-2H3. The molecule has 2 heterocycles. The minimum absolute atomic E-state index is 0.223. The number of ether oxygens (including phenoxy) is 1. The van der Waals surface area contributed by atoms with Crippen LogP contribution in [0.3, 0.4) is 0 Å².